The molecule has 1 atom stereocenters. The Kier molecular flexibility index (Phi) is 5.50. The number of amides is 1. The van der Waals surface area contributed by atoms with E-state index in [0.717, 1.165) is 0 Å². The van der Waals surface area contributed by atoms with Crippen LogP contribution in [0.5, 0.6) is 0 Å². The smallest absolute Gasteiger partial charge is 0.271 e. The van der Waals surface area contributed by atoms with E-state index < -0.39 is 10.8 Å². The first-order valence-electron chi connectivity index (χ1n) is 5.09. The summed E-state index contributed by atoms with van der Waals surface area (Å²) in [4.78, 5) is 19.3. The molecule has 0 radical (unpaired) electrons. The second kappa shape index (κ2) is 6.92. The summed E-state index contributed by atoms with van der Waals surface area (Å²) < 4.78 is 11.1. The SMILES string of the molecule is CCS(=O)CCNC(=O)c1cnc(NN)cn1. The van der Waals surface area contributed by atoms with Gasteiger partial charge in [-0.2, -0.15) is 0 Å². The predicted octanol–water partition coefficient (Wildman–Crippen LogP) is -0.739. The minimum absolute atomic E-state index is 0.200. The van der Waals surface area contributed by atoms with Gasteiger partial charge in [-0.3, -0.25) is 9.00 Å². The summed E-state index contributed by atoms with van der Waals surface area (Å²) in [6, 6.07) is 0. The Morgan fingerprint density at radius 3 is 2.76 bits per heavy atom. The summed E-state index contributed by atoms with van der Waals surface area (Å²) in [5.41, 5.74) is 2.51. The van der Waals surface area contributed by atoms with Crippen molar-refractivity contribution in [1.82, 2.24) is 15.3 Å². The number of hydrogen-bond donors (Lipinski definition) is 3. The average molecular weight is 257 g/mol. The van der Waals surface area contributed by atoms with Crippen molar-refractivity contribution < 1.29 is 9.00 Å². The number of nitrogens with one attached hydrogen (secondary N) is 2. The van der Waals surface area contributed by atoms with Crippen molar-refractivity contribution >= 4 is 22.5 Å². The minimum atomic E-state index is -0.882. The third-order valence-electron chi connectivity index (χ3n) is 1.97. The number of aromatic nitrogens is 2. The Hall–Kier alpha value is -1.54. The number of nitrogen functional groups attached to an aromatic ring is 1. The van der Waals surface area contributed by atoms with E-state index in [1.54, 1.807) is 0 Å². The van der Waals surface area contributed by atoms with Crippen LogP contribution < -0.4 is 16.6 Å². The standard InChI is InChI=1S/C9H15N5O2S/c1-2-17(16)4-3-11-9(15)7-5-13-8(14-10)6-12-7/h5-6H,2-4,10H2,1H3,(H,11,15)(H,13,14). The molecule has 0 spiro atoms. The van der Waals surface area contributed by atoms with Crippen molar-refractivity contribution in [3.8, 4) is 0 Å². The lowest BCUT2D eigenvalue weighted by Crippen LogP contribution is -2.28. The molecule has 0 fully saturated rings. The van der Waals surface area contributed by atoms with Crippen LogP contribution in [-0.4, -0.2) is 38.1 Å². The normalized spacial score (nSPS) is 11.9. The number of rotatable bonds is 6. The van der Waals surface area contributed by atoms with Crippen LogP contribution >= 0.6 is 0 Å². The van der Waals surface area contributed by atoms with E-state index >= 15 is 0 Å². The van der Waals surface area contributed by atoms with E-state index in [-0.39, 0.29) is 11.6 Å². The lowest BCUT2D eigenvalue weighted by molar-refractivity contribution is 0.0951. The highest BCUT2D eigenvalue weighted by molar-refractivity contribution is 7.84. The third kappa shape index (κ3) is 4.45. The summed E-state index contributed by atoms with van der Waals surface area (Å²) in [5, 5.41) is 2.62. The molecule has 7 nitrogen and oxygen atoms in total. The molecule has 1 unspecified atom stereocenters. The first-order chi connectivity index (χ1) is 8.17. The summed E-state index contributed by atoms with van der Waals surface area (Å²) >= 11 is 0. The Morgan fingerprint density at radius 1 is 1.47 bits per heavy atom. The number of nitrogens with two attached hydrogens (primary N) is 1. The lowest BCUT2D eigenvalue weighted by atomic mass is 10.4. The Bertz CT molecular complexity index is 395. The Labute approximate surface area is 102 Å². The first-order valence-corrected chi connectivity index (χ1v) is 6.58. The molecule has 8 heteroatoms. The van der Waals surface area contributed by atoms with Crippen molar-refractivity contribution in [2.75, 3.05) is 23.5 Å². The van der Waals surface area contributed by atoms with Gasteiger partial charge in [-0.15, -0.1) is 0 Å². The van der Waals surface area contributed by atoms with Crippen LogP contribution in [-0.2, 0) is 10.8 Å². The average Bonchev–Trinajstić information content (AvgIpc) is 2.38. The predicted molar refractivity (Wildman–Crippen MR) is 65.7 cm³/mol. The summed E-state index contributed by atoms with van der Waals surface area (Å²) in [6.45, 7) is 2.19. The minimum Gasteiger partial charge on any atom is -0.350 e. The molecule has 0 saturated heterocycles. The molecule has 1 heterocycles. The molecular formula is C9H15N5O2S. The molecule has 17 heavy (non-hydrogen) atoms. The highest BCUT2D eigenvalue weighted by Crippen LogP contribution is 1.98. The highest BCUT2D eigenvalue weighted by atomic mass is 32.2. The van der Waals surface area contributed by atoms with Gasteiger partial charge in [-0.1, -0.05) is 6.92 Å². The maximum atomic E-state index is 11.5. The molecule has 0 aliphatic heterocycles. The number of hydrogen-bond acceptors (Lipinski definition) is 6. The molecule has 0 bridgehead atoms. The van der Waals surface area contributed by atoms with Gasteiger partial charge in [0.05, 0.1) is 12.4 Å². The number of hydrazine groups is 1. The van der Waals surface area contributed by atoms with Gasteiger partial charge < -0.3 is 10.7 Å². The van der Waals surface area contributed by atoms with Gasteiger partial charge in [0.2, 0.25) is 0 Å². The molecule has 1 amide bonds. The van der Waals surface area contributed by atoms with E-state index in [1.807, 2.05) is 6.92 Å². The van der Waals surface area contributed by atoms with Crippen molar-refractivity contribution in [2.24, 2.45) is 5.84 Å². The Balaban J connectivity index is 2.44. The summed E-state index contributed by atoms with van der Waals surface area (Å²) in [6.07, 6.45) is 2.68. The lowest BCUT2D eigenvalue weighted by Gasteiger charge is -2.04. The first kappa shape index (κ1) is 13.5. The molecule has 1 aromatic heterocycles. The fourth-order valence-electron chi connectivity index (χ4n) is 1.03. The van der Waals surface area contributed by atoms with Gasteiger partial charge in [0.15, 0.2) is 5.82 Å². The fraction of sp³-hybridized carbons (Fsp3) is 0.444. The van der Waals surface area contributed by atoms with Crippen LogP contribution in [0.15, 0.2) is 12.4 Å². The van der Waals surface area contributed by atoms with Crippen LogP contribution in [0, 0.1) is 0 Å². The Morgan fingerprint density at radius 2 is 2.24 bits per heavy atom. The van der Waals surface area contributed by atoms with Crippen molar-refractivity contribution in [3.63, 3.8) is 0 Å². The quantitative estimate of drug-likeness (QED) is 0.457. The van der Waals surface area contributed by atoms with Crippen LogP contribution in [0.4, 0.5) is 5.82 Å². The van der Waals surface area contributed by atoms with E-state index in [2.05, 4.69) is 20.7 Å². The number of nitrogens with zero attached hydrogens (tertiary/aromatic N) is 2. The molecular weight excluding hydrogens is 242 g/mol. The van der Waals surface area contributed by atoms with E-state index in [0.29, 0.717) is 23.9 Å². The topological polar surface area (TPSA) is 110 Å². The maximum Gasteiger partial charge on any atom is 0.271 e. The molecule has 94 valence electrons. The molecule has 4 N–H and O–H groups in total. The highest BCUT2D eigenvalue weighted by Gasteiger charge is 2.07. The molecule has 1 aromatic rings. The molecule has 0 aromatic carbocycles. The van der Waals surface area contributed by atoms with Crippen LogP contribution in [0.25, 0.3) is 0 Å². The summed E-state index contributed by atoms with van der Waals surface area (Å²) in [5.74, 6) is 6.19. The van der Waals surface area contributed by atoms with Gasteiger partial charge in [0.1, 0.15) is 5.69 Å². The number of carbonyl (C=O) groups is 1. The van der Waals surface area contributed by atoms with Crippen LogP contribution in [0.3, 0.4) is 0 Å². The number of anilines is 1. The molecule has 0 aliphatic carbocycles. The summed E-state index contributed by atoms with van der Waals surface area (Å²) in [7, 11) is -0.882. The van der Waals surface area contributed by atoms with Gasteiger partial charge in [-0.25, -0.2) is 15.8 Å². The zero-order valence-corrected chi connectivity index (χ0v) is 10.3. The second-order valence-electron chi connectivity index (χ2n) is 3.12. The third-order valence-corrected chi connectivity index (χ3v) is 3.27. The van der Waals surface area contributed by atoms with Gasteiger partial charge in [-0.05, 0) is 0 Å². The van der Waals surface area contributed by atoms with Crippen molar-refractivity contribution in [3.05, 3.63) is 18.1 Å². The van der Waals surface area contributed by atoms with Crippen LogP contribution in [0.2, 0.25) is 0 Å². The van der Waals surface area contributed by atoms with Crippen molar-refractivity contribution in [1.29, 1.82) is 0 Å². The van der Waals surface area contributed by atoms with Crippen molar-refractivity contribution in [2.45, 2.75) is 6.92 Å². The van der Waals surface area contributed by atoms with Gasteiger partial charge in [0.25, 0.3) is 5.91 Å². The van der Waals surface area contributed by atoms with E-state index in [4.69, 9.17) is 5.84 Å². The largest absolute Gasteiger partial charge is 0.350 e. The zero-order chi connectivity index (χ0) is 12.7. The van der Waals surface area contributed by atoms with E-state index in [1.165, 1.54) is 12.4 Å². The van der Waals surface area contributed by atoms with E-state index in [9.17, 15) is 9.00 Å². The molecule has 0 aliphatic rings. The van der Waals surface area contributed by atoms with Crippen LogP contribution in [0.1, 0.15) is 17.4 Å². The number of carbonyl (C=O) groups excluding carboxylic acids is 1. The van der Waals surface area contributed by atoms with Gasteiger partial charge >= 0.3 is 0 Å². The van der Waals surface area contributed by atoms with Gasteiger partial charge in [0, 0.05) is 28.9 Å². The monoisotopic (exact) mass is 257 g/mol. The second-order valence-corrected chi connectivity index (χ2v) is 4.98. The maximum absolute atomic E-state index is 11.5. The molecule has 1 rings (SSSR count). The zero-order valence-electron chi connectivity index (χ0n) is 9.47. The fourth-order valence-corrected chi connectivity index (χ4v) is 1.65. The molecule has 0 saturated carbocycles.